The third kappa shape index (κ3) is 2.36. The lowest BCUT2D eigenvalue weighted by atomic mass is 9.69. The average molecular weight is 390 g/mol. The van der Waals surface area contributed by atoms with Gasteiger partial charge in [0.25, 0.3) is 0 Å². The van der Waals surface area contributed by atoms with Crippen molar-refractivity contribution in [1.29, 1.82) is 0 Å². The zero-order chi connectivity index (χ0) is 19.8. The Morgan fingerprint density at radius 1 is 1.24 bits per heavy atom. The van der Waals surface area contributed by atoms with E-state index < -0.39 is 5.60 Å². The average Bonchev–Trinajstić information content (AvgIpc) is 3.49. The van der Waals surface area contributed by atoms with Crippen molar-refractivity contribution in [3.05, 3.63) is 59.5 Å². The quantitative estimate of drug-likeness (QED) is 0.746. The third-order valence-corrected chi connectivity index (χ3v) is 7.46. The first-order chi connectivity index (χ1) is 14.0. The highest BCUT2D eigenvalue weighted by molar-refractivity contribution is 5.58. The minimum Gasteiger partial charge on any atom is -0.369 e. The fourth-order valence-corrected chi connectivity index (χ4v) is 5.49. The fourth-order valence-electron chi connectivity index (χ4n) is 5.49. The van der Waals surface area contributed by atoms with Gasteiger partial charge in [0.05, 0.1) is 18.5 Å². The molecule has 6 heteroatoms. The van der Waals surface area contributed by atoms with E-state index in [2.05, 4.69) is 61.3 Å². The van der Waals surface area contributed by atoms with E-state index in [-0.39, 0.29) is 11.5 Å². The summed E-state index contributed by atoms with van der Waals surface area (Å²) in [6.45, 7) is 7.25. The van der Waals surface area contributed by atoms with Gasteiger partial charge in [0.2, 0.25) is 0 Å². The predicted octanol–water partition coefficient (Wildman–Crippen LogP) is 2.78. The molecule has 7 rings (SSSR count). The van der Waals surface area contributed by atoms with Crippen molar-refractivity contribution < 1.29 is 4.74 Å². The van der Waals surface area contributed by atoms with Crippen LogP contribution in [0.3, 0.4) is 0 Å². The monoisotopic (exact) mass is 389 g/mol. The highest BCUT2D eigenvalue weighted by atomic mass is 16.5. The second-order valence-corrected chi connectivity index (χ2v) is 9.37. The molecule has 4 fully saturated rings. The van der Waals surface area contributed by atoms with Crippen LogP contribution in [0.15, 0.2) is 42.6 Å². The Balaban J connectivity index is 1.33. The van der Waals surface area contributed by atoms with Gasteiger partial charge in [0.15, 0.2) is 11.5 Å². The molecule has 1 aromatic carbocycles. The minimum atomic E-state index is -0.469. The first-order valence-corrected chi connectivity index (χ1v) is 10.6. The molecule has 0 radical (unpaired) electrons. The highest BCUT2D eigenvalue weighted by Gasteiger charge is 2.62. The number of rotatable bonds is 3. The summed E-state index contributed by atoms with van der Waals surface area (Å²) in [6, 6.07) is 13.1. The van der Waals surface area contributed by atoms with Gasteiger partial charge in [0, 0.05) is 30.5 Å². The van der Waals surface area contributed by atoms with Gasteiger partial charge in [-0.1, -0.05) is 37.3 Å². The van der Waals surface area contributed by atoms with E-state index in [0.717, 1.165) is 49.6 Å². The number of aromatic nitrogens is 3. The molecule has 1 saturated carbocycles. The van der Waals surface area contributed by atoms with Crippen LogP contribution in [0.4, 0.5) is 5.69 Å². The first-order valence-electron chi connectivity index (χ1n) is 10.6. The maximum atomic E-state index is 6.35. The molecule has 3 aromatic rings. The summed E-state index contributed by atoms with van der Waals surface area (Å²) < 4.78 is 7.94. The molecule has 3 saturated heterocycles. The standard InChI is InChI=1S/C23H27N5O/c1-15-10-18(27-9-8-22(2,14-27)17-6-4-3-5-7-17)12-28-20(15)25-21(26-28)23-11-16(13-29-23)19(23)24/h3-7,10,12,16,19H,8-9,11,13-14,24H2,1-2H3. The molecule has 150 valence electrons. The lowest BCUT2D eigenvalue weighted by Crippen LogP contribution is -2.55. The summed E-state index contributed by atoms with van der Waals surface area (Å²) >= 11 is 0. The van der Waals surface area contributed by atoms with E-state index >= 15 is 0 Å². The second-order valence-electron chi connectivity index (χ2n) is 9.37. The third-order valence-electron chi connectivity index (χ3n) is 7.46. The number of hydrogen-bond donors (Lipinski definition) is 1. The number of anilines is 1. The van der Waals surface area contributed by atoms with E-state index in [1.54, 1.807) is 0 Å². The lowest BCUT2D eigenvalue weighted by Gasteiger charge is -2.40. The molecular weight excluding hydrogens is 362 g/mol. The summed E-state index contributed by atoms with van der Waals surface area (Å²) in [4.78, 5) is 7.30. The smallest absolute Gasteiger partial charge is 0.185 e. The van der Waals surface area contributed by atoms with E-state index in [1.165, 1.54) is 11.3 Å². The maximum absolute atomic E-state index is 6.35. The molecule has 29 heavy (non-hydrogen) atoms. The van der Waals surface area contributed by atoms with E-state index in [1.807, 2.05) is 4.52 Å². The molecule has 4 atom stereocenters. The van der Waals surface area contributed by atoms with Crippen molar-refractivity contribution in [2.24, 2.45) is 11.7 Å². The number of aryl methyl sites for hydroxylation is 1. The van der Waals surface area contributed by atoms with Gasteiger partial charge in [0.1, 0.15) is 5.60 Å². The molecule has 4 unspecified atom stereocenters. The zero-order valence-corrected chi connectivity index (χ0v) is 17.0. The van der Waals surface area contributed by atoms with Crippen LogP contribution in [0, 0.1) is 12.8 Å². The largest absolute Gasteiger partial charge is 0.369 e. The van der Waals surface area contributed by atoms with Crippen LogP contribution in [-0.2, 0) is 15.8 Å². The number of hydrogen-bond acceptors (Lipinski definition) is 5. The van der Waals surface area contributed by atoms with Gasteiger partial charge >= 0.3 is 0 Å². The predicted molar refractivity (Wildman–Crippen MR) is 112 cm³/mol. The van der Waals surface area contributed by atoms with E-state index in [4.69, 9.17) is 20.6 Å². The lowest BCUT2D eigenvalue weighted by molar-refractivity contribution is -0.0287. The van der Waals surface area contributed by atoms with Crippen LogP contribution in [-0.4, -0.2) is 40.3 Å². The summed E-state index contributed by atoms with van der Waals surface area (Å²) in [5, 5.41) is 4.82. The normalized spacial score (nSPS) is 33.4. The maximum Gasteiger partial charge on any atom is 0.185 e. The number of pyridine rings is 1. The Morgan fingerprint density at radius 2 is 2.07 bits per heavy atom. The SMILES string of the molecule is Cc1cc(N2CCC(C)(c3ccccc3)C2)cn2nc(C34CC(CO3)C4N)nc12. The van der Waals surface area contributed by atoms with E-state index in [0.29, 0.717) is 5.92 Å². The molecule has 0 amide bonds. The molecule has 2 bridgehead atoms. The van der Waals surface area contributed by atoms with Gasteiger partial charge < -0.3 is 15.4 Å². The Morgan fingerprint density at radius 3 is 2.79 bits per heavy atom. The zero-order valence-electron chi connectivity index (χ0n) is 17.0. The topological polar surface area (TPSA) is 68.7 Å². The van der Waals surface area contributed by atoms with Crippen LogP contribution in [0.2, 0.25) is 0 Å². The van der Waals surface area contributed by atoms with Gasteiger partial charge in [-0.2, -0.15) is 0 Å². The van der Waals surface area contributed by atoms with Crippen molar-refractivity contribution in [3.8, 4) is 0 Å². The van der Waals surface area contributed by atoms with Crippen molar-refractivity contribution in [3.63, 3.8) is 0 Å². The number of nitrogens with two attached hydrogens (primary N) is 1. The number of ether oxygens (including phenoxy) is 1. The second kappa shape index (κ2) is 5.80. The fraction of sp³-hybridized carbons (Fsp3) is 0.478. The molecule has 3 aliphatic heterocycles. The highest BCUT2D eigenvalue weighted by Crippen LogP contribution is 2.53. The van der Waals surface area contributed by atoms with Crippen molar-refractivity contribution in [2.45, 2.75) is 43.7 Å². The van der Waals surface area contributed by atoms with Crippen LogP contribution in [0.25, 0.3) is 5.65 Å². The Bertz CT molecular complexity index is 1090. The summed E-state index contributed by atoms with van der Waals surface area (Å²) in [5.74, 6) is 1.20. The summed E-state index contributed by atoms with van der Waals surface area (Å²) in [5.41, 5.74) is 10.7. The molecule has 1 aliphatic carbocycles. The molecule has 0 spiro atoms. The van der Waals surface area contributed by atoms with Gasteiger partial charge in [-0.15, -0.1) is 5.10 Å². The molecule has 4 aliphatic rings. The van der Waals surface area contributed by atoms with Crippen LogP contribution in [0.1, 0.15) is 36.7 Å². The minimum absolute atomic E-state index is 0.0184. The summed E-state index contributed by atoms with van der Waals surface area (Å²) in [7, 11) is 0. The Kier molecular flexibility index (Phi) is 3.48. The summed E-state index contributed by atoms with van der Waals surface area (Å²) in [6.07, 6.45) is 4.20. The van der Waals surface area contributed by atoms with E-state index in [9.17, 15) is 0 Å². The van der Waals surface area contributed by atoms with Crippen LogP contribution in [0.5, 0.6) is 0 Å². The number of benzene rings is 1. The van der Waals surface area contributed by atoms with Crippen LogP contribution >= 0.6 is 0 Å². The Labute approximate surface area is 170 Å². The van der Waals surface area contributed by atoms with Crippen molar-refractivity contribution in [1.82, 2.24) is 14.6 Å². The number of nitrogens with zero attached hydrogens (tertiary/aromatic N) is 4. The molecule has 6 nitrogen and oxygen atoms in total. The molecule has 2 N–H and O–H groups in total. The molecule has 2 aromatic heterocycles. The van der Waals surface area contributed by atoms with Gasteiger partial charge in [-0.3, -0.25) is 0 Å². The van der Waals surface area contributed by atoms with Crippen molar-refractivity contribution >= 4 is 11.3 Å². The Hall–Kier alpha value is -2.44. The van der Waals surface area contributed by atoms with Crippen LogP contribution < -0.4 is 10.6 Å². The van der Waals surface area contributed by atoms with Gasteiger partial charge in [-0.05, 0) is 37.0 Å². The van der Waals surface area contributed by atoms with Gasteiger partial charge in [-0.25, -0.2) is 9.50 Å². The first kappa shape index (κ1) is 17.4. The number of fused-ring (bicyclic) bond motifs is 2. The molecular formula is C23H27N5O. The van der Waals surface area contributed by atoms with Crippen molar-refractivity contribution in [2.75, 3.05) is 24.6 Å². The molecule has 5 heterocycles.